The minimum Gasteiger partial charge on any atom is -0.478 e. The summed E-state index contributed by atoms with van der Waals surface area (Å²) >= 11 is 0. The third-order valence-corrected chi connectivity index (χ3v) is 3.24. The van der Waals surface area contributed by atoms with Gasteiger partial charge in [-0.25, -0.2) is 4.79 Å². The molecule has 1 unspecified atom stereocenters. The van der Waals surface area contributed by atoms with Crippen LogP contribution in [-0.2, 0) is 4.79 Å². The number of aryl methyl sites for hydroxylation is 1. The Kier molecular flexibility index (Phi) is 3.02. The molecule has 0 saturated carbocycles. The number of anilines is 2. The Morgan fingerprint density at radius 2 is 2.20 bits per heavy atom. The van der Waals surface area contributed by atoms with E-state index in [1.165, 1.54) is 0 Å². The minimum atomic E-state index is -0.963. The van der Waals surface area contributed by atoms with Crippen molar-refractivity contribution in [1.29, 1.82) is 0 Å². The van der Waals surface area contributed by atoms with Crippen molar-refractivity contribution in [1.82, 2.24) is 4.98 Å². The predicted octanol–water partition coefficient (Wildman–Crippen LogP) is 2.37. The lowest BCUT2D eigenvalue weighted by Gasteiger charge is -2.34. The number of fused-ring (bicyclic) bond motifs is 1. The van der Waals surface area contributed by atoms with Crippen LogP contribution in [0.4, 0.5) is 11.4 Å². The van der Waals surface area contributed by atoms with Crippen LogP contribution in [0.2, 0.25) is 0 Å². The maximum absolute atomic E-state index is 11.2. The SMILES string of the molecule is Cc1cc(N2CC(C(=O)O)Oc3ccccc32)ccn1. The number of aliphatic carboxylic acids is 1. The molecule has 1 aliphatic rings. The number of carboxylic acid groups (broad SMARTS) is 1. The number of aromatic nitrogens is 1. The van der Waals surface area contributed by atoms with Crippen LogP contribution < -0.4 is 9.64 Å². The van der Waals surface area contributed by atoms with Gasteiger partial charge in [-0.3, -0.25) is 4.98 Å². The first kappa shape index (κ1) is 12.5. The van der Waals surface area contributed by atoms with E-state index in [0.29, 0.717) is 5.75 Å². The summed E-state index contributed by atoms with van der Waals surface area (Å²) in [6.45, 7) is 2.18. The van der Waals surface area contributed by atoms with Crippen LogP contribution in [0.15, 0.2) is 42.6 Å². The van der Waals surface area contributed by atoms with Gasteiger partial charge in [-0.15, -0.1) is 0 Å². The molecule has 0 saturated heterocycles. The van der Waals surface area contributed by atoms with Crippen molar-refractivity contribution >= 4 is 17.3 Å². The van der Waals surface area contributed by atoms with E-state index < -0.39 is 12.1 Å². The lowest BCUT2D eigenvalue weighted by molar-refractivity contribution is -0.144. The lowest BCUT2D eigenvalue weighted by atomic mass is 10.1. The highest BCUT2D eigenvalue weighted by atomic mass is 16.5. The van der Waals surface area contributed by atoms with E-state index in [9.17, 15) is 9.90 Å². The zero-order valence-corrected chi connectivity index (χ0v) is 11.0. The number of pyridine rings is 1. The first-order valence-corrected chi connectivity index (χ1v) is 6.34. The monoisotopic (exact) mass is 270 g/mol. The number of hydrogen-bond donors (Lipinski definition) is 1. The molecule has 20 heavy (non-hydrogen) atoms. The summed E-state index contributed by atoms with van der Waals surface area (Å²) in [6, 6.07) is 11.2. The van der Waals surface area contributed by atoms with Crippen LogP contribution in [0.3, 0.4) is 0 Å². The molecule has 0 fully saturated rings. The quantitative estimate of drug-likeness (QED) is 0.907. The van der Waals surface area contributed by atoms with Gasteiger partial charge in [0.15, 0.2) is 0 Å². The van der Waals surface area contributed by atoms with Crippen molar-refractivity contribution in [2.24, 2.45) is 0 Å². The minimum absolute atomic E-state index is 0.274. The van der Waals surface area contributed by atoms with Crippen LogP contribution in [0, 0.1) is 6.92 Å². The van der Waals surface area contributed by atoms with Gasteiger partial charge in [0.1, 0.15) is 5.75 Å². The van der Waals surface area contributed by atoms with Crippen molar-refractivity contribution in [2.75, 3.05) is 11.4 Å². The van der Waals surface area contributed by atoms with Gasteiger partial charge in [0.05, 0.1) is 12.2 Å². The van der Waals surface area contributed by atoms with E-state index in [1.54, 1.807) is 12.3 Å². The number of ether oxygens (including phenoxy) is 1. The topological polar surface area (TPSA) is 62.7 Å². The first-order valence-electron chi connectivity index (χ1n) is 6.34. The molecule has 1 N–H and O–H groups in total. The second-order valence-corrected chi connectivity index (χ2v) is 4.68. The number of hydrogen-bond acceptors (Lipinski definition) is 4. The highest BCUT2D eigenvalue weighted by Gasteiger charge is 2.31. The number of carboxylic acids is 1. The molecule has 0 aliphatic carbocycles. The first-order chi connectivity index (χ1) is 9.65. The molecule has 1 aliphatic heterocycles. The Labute approximate surface area is 116 Å². The summed E-state index contributed by atoms with van der Waals surface area (Å²) in [6.07, 6.45) is 0.844. The molecule has 2 aromatic rings. The van der Waals surface area contributed by atoms with Crippen molar-refractivity contribution in [3.63, 3.8) is 0 Å². The number of benzene rings is 1. The molecule has 1 atom stereocenters. The Bertz CT molecular complexity index is 657. The van der Waals surface area contributed by atoms with E-state index in [-0.39, 0.29) is 6.54 Å². The molecule has 0 amide bonds. The largest absolute Gasteiger partial charge is 0.478 e. The second kappa shape index (κ2) is 4.85. The fraction of sp³-hybridized carbons (Fsp3) is 0.200. The van der Waals surface area contributed by atoms with E-state index in [2.05, 4.69) is 4.98 Å². The Balaban J connectivity index is 2.07. The summed E-state index contributed by atoms with van der Waals surface area (Å²) in [5.41, 5.74) is 2.67. The molecule has 102 valence electrons. The Morgan fingerprint density at radius 1 is 1.40 bits per heavy atom. The molecule has 5 nitrogen and oxygen atoms in total. The molecule has 1 aromatic carbocycles. The maximum atomic E-state index is 11.2. The Morgan fingerprint density at radius 3 is 2.95 bits per heavy atom. The molecule has 2 heterocycles. The summed E-state index contributed by atoms with van der Waals surface area (Å²) in [7, 11) is 0. The summed E-state index contributed by atoms with van der Waals surface area (Å²) in [4.78, 5) is 17.4. The third-order valence-electron chi connectivity index (χ3n) is 3.24. The van der Waals surface area contributed by atoms with Gasteiger partial charge >= 0.3 is 5.97 Å². The van der Waals surface area contributed by atoms with Crippen LogP contribution >= 0.6 is 0 Å². The van der Waals surface area contributed by atoms with Gasteiger partial charge < -0.3 is 14.7 Å². The standard InChI is InChI=1S/C15H14N2O3/c1-10-8-11(6-7-16-10)17-9-14(15(18)19)20-13-5-3-2-4-12(13)17/h2-8,14H,9H2,1H3,(H,18,19). The van der Waals surface area contributed by atoms with Gasteiger partial charge in [0.2, 0.25) is 6.10 Å². The Hall–Kier alpha value is -2.56. The van der Waals surface area contributed by atoms with E-state index in [4.69, 9.17) is 4.74 Å². The van der Waals surface area contributed by atoms with Crippen molar-refractivity contribution in [3.8, 4) is 5.75 Å². The zero-order chi connectivity index (χ0) is 14.1. The van der Waals surface area contributed by atoms with E-state index >= 15 is 0 Å². The molecular weight excluding hydrogens is 256 g/mol. The molecule has 5 heteroatoms. The second-order valence-electron chi connectivity index (χ2n) is 4.68. The van der Waals surface area contributed by atoms with Gasteiger partial charge in [0, 0.05) is 17.6 Å². The summed E-state index contributed by atoms with van der Waals surface area (Å²) in [5.74, 6) is -0.379. The number of carbonyl (C=O) groups is 1. The maximum Gasteiger partial charge on any atom is 0.346 e. The van der Waals surface area contributed by atoms with Gasteiger partial charge in [0.25, 0.3) is 0 Å². The summed E-state index contributed by atoms with van der Waals surface area (Å²) in [5, 5.41) is 9.22. The molecule has 3 rings (SSSR count). The van der Waals surface area contributed by atoms with Gasteiger partial charge in [-0.1, -0.05) is 12.1 Å². The van der Waals surface area contributed by atoms with Crippen molar-refractivity contribution in [2.45, 2.75) is 13.0 Å². The van der Waals surface area contributed by atoms with Crippen LogP contribution in [0.5, 0.6) is 5.75 Å². The average molecular weight is 270 g/mol. The zero-order valence-electron chi connectivity index (χ0n) is 11.0. The van der Waals surface area contributed by atoms with Crippen LogP contribution in [0.1, 0.15) is 5.69 Å². The van der Waals surface area contributed by atoms with Crippen LogP contribution in [0.25, 0.3) is 0 Å². The normalized spacial score (nSPS) is 17.2. The van der Waals surface area contributed by atoms with Crippen molar-refractivity contribution < 1.29 is 14.6 Å². The summed E-state index contributed by atoms with van der Waals surface area (Å²) < 4.78 is 5.52. The van der Waals surface area contributed by atoms with E-state index in [0.717, 1.165) is 17.1 Å². The number of nitrogens with zero attached hydrogens (tertiary/aromatic N) is 2. The highest BCUT2D eigenvalue weighted by molar-refractivity contribution is 5.79. The molecular formula is C15H14N2O3. The van der Waals surface area contributed by atoms with Crippen LogP contribution in [-0.4, -0.2) is 28.7 Å². The fourth-order valence-corrected chi connectivity index (χ4v) is 2.31. The predicted molar refractivity (Wildman–Crippen MR) is 74.5 cm³/mol. The molecule has 0 bridgehead atoms. The fourth-order valence-electron chi connectivity index (χ4n) is 2.31. The third kappa shape index (κ3) is 2.18. The molecule has 0 spiro atoms. The van der Waals surface area contributed by atoms with Gasteiger partial charge in [-0.05, 0) is 31.2 Å². The molecule has 0 radical (unpaired) electrons. The van der Waals surface area contributed by atoms with Gasteiger partial charge in [-0.2, -0.15) is 0 Å². The average Bonchev–Trinajstić information content (AvgIpc) is 2.46. The van der Waals surface area contributed by atoms with Crippen molar-refractivity contribution in [3.05, 3.63) is 48.3 Å². The van der Waals surface area contributed by atoms with E-state index in [1.807, 2.05) is 42.2 Å². The molecule has 1 aromatic heterocycles. The number of para-hydroxylation sites is 2. The number of rotatable bonds is 2. The lowest BCUT2D eigenvalue weighted by Crippen LogP contribution is -2.42. The smallest absolute Gasteiger partial charge is 0.346 e. The highest BCUT2D eigenvalue weighted by Crippen LogP contribution is 2.37.